The van der Waals surface area contributed by atoms with Gasteiger partial charge in [-0.05, 0) is 60.4 Å². The van der Waals surface area contributed by atoms with E-state index in [1.165, 1.54) is 25.7 Å². The fraction of sp³-hybridized carbons (Fsp3) is 0.433. The molecule has 0 spiro atoms. The maximum Gasteiger partial charge on any atom is 0.332 e. The van der Waals surface area contributed by atoms with E-state index in [2.05, 4.69) is 5.32 Å². The Labute approximate surface area is 218 Å². The first-order valence-corrected chi connectivity index (χ1v) is 13.2. The number of carboxylic acid groups (broad SMARTS) is 1. The molecule has 0 bridgehead atoms. The van der Waals surface area contributed by atoms with Crippen molar-refractivity contribution < 1.29 is 24.2 Å². The monoisotopic (exact) mass is 504 g/mol. The van der Waals surface area contributed by atoms with Crippen LogP contribution in [0.25, 0.3) is 6.08 Å². The summed E-state index contributed by atoms with van der Waals surface area (Å²) in [5.41, 5.74) is 1.86. The summed E-state index contributed by atoms with van der Waals surface area (Å²) >= 11 is 0. The average molecular weight is 505 g/mol. The summed E-state index contributed by atoms with van der Waals surface area (Å²) in [4.78, 5) is 38.5. The van der Waals surface area contributed by atoms with Gasteiger partial charge in [-0.3, -0.25) is 9.59 Å². The summed E-state index contributed by atoms with van der Waals surface area (Å²) in [6.45, 7) is 2.44. The molecule has 1 saturated heterocycles. The molecule has 1 aliphatic heterocycles. The number of hydrogen-bond acceptors (Lipinski definition) is 4. The first-order chi connectivity index (χ1) is 18.0. The molecule has 1 heterocycles. The van der Waals surface area contributed by atoms with Gasteiger partial charge in [0.25, 0.3) is 0 Å². The van der Waals surface area contributed by atoms with E-state index in [1.54, 1.807) is 30.3 Å². The minimum Gasteiger partial charge on any atom is -0.494 e. The predicted molar refractivity (Wildman–Crippen MR) is 142 cm³/mol. The van der Waals surface area contributed by atoms with Crippen LogP contribution < -0.4 is 10.1 Å². The SMILES string of the molecule is O=C(CCCOc1ccc(/C=C(\CC(=O)N2C[C@H]3CCCC[C@H]3C2)C(=O)O)cc1)NCc1ccccc1. The number of carboxylic acids is 1. The van der Waals surface area contributed by atoms with Crippen molar-refractivity contribution in [1.29, 1.82) is 0 Å². The molecular formula is C30H36N2O5. The highest BCUT2D eigenvalue weighted by Crippen LogP contribution is 2.36. The number of carbonyl (C=O) groups is 3. The third-order valence-electron chi connectivity index (χ3n) is 7.32. The lowest BCUT2D eigenvalue weighted by Crippen LogP contribution is -2.29. The van der Waals surface area contributed by atoms with Gasteiger partial charge in [0.05, 0.1) is 13.0 Å². The molecule has 7 nitrogen and oxygen atoms in total. The Hall–Kier alpha value is -3.61. The van der Waals surface area contributed by atoms with Crippen LogP contribution in [0.2, 0.25) is 0 Å². The molecule has 0 radical (unpaired) electrons. The van der Waals surface area contributed by atoms with Crippen LogP contribution in [0.4, 0.5) is 0 Å². The second kappa shape index (κ2) is 13.1. The maximum atomic E-state index is 12.8. The summed E-state index contributed by atoms with van der Waals surface area (Å²) in [6.07, 6.45) is 7.23. The summed E-state index contributed by atoms with van der Waals surface area (Å²) in [6, 6.07) is 16.9. The molecule has 2 amide bonds. The van der Waals surface area contributed by atoms with Crippen molar-refractivity contribution in [2.24, 2.45) is 11.8 Å². The Kier molecular flexibility index (Phi) is 9.35. The molecule has 1 saturated carbocycles. The molecule has 2 atom stereocenters. The number of benzene rings is 2. The van der Waals surface area contributed by atoms with E-state index in [0.29, 0.717) is 49.1 Å². The lowest BCUT2D eigenvalue weighted by atomic mass is 9.82. The molecule has 2 aromatic carbocycles. The number of likely N-dealkylation sites (tertiary alicyclic amines) is 1. The molecule has 0 aromatic heterocycles. The van der Waals surface area contributed by atoms with Gasteiger partial charge >= 0.3 is 5.97 Å². The largest absolute Gasteiger partial charge is 0.494 e. The quantitative estimate of drug-likeness (QED) is 0.343. The molecule has 1 aliphatic carbocycles. The molecule has 2 N–H and O–H groups in total. The topological polar surface area (TPSA) is 95.9 Å². The minimum atomic E-state index is -1.07. The number of hydrogen-bond donors (Lipinski definition) is 2. The van der Waals surface area contributed by atoms with Gasteiger partial charge in [0.1, 0.15) is 5.75 Å². The predicted octanol–water partition coefficient (Wildman–Crippen LogP) is 4.67. The van der Waals surface area contributed by atoms with Crippen molar-refractivity contribution in [2.45, 2.75) is 51.5 Å². The smallest absolute Gasteiger partial charge is 0.332 e. The molecule has 7 heteroatoms. The van der Waals surface area contributed by atoms with Crippen molar-refractivity contribution >= 4 is 23.9 Å². The fourth-order valence-electron chi connectivity index (χ4n) is 5.24. The van der Waals surface area contributed by atoms with Gasteiger partial charge in [0.2, 0.25) is 11.8 Å². The number of carbonyl (C=O) groups excluding carboxylic acids is 2. The summed E-state index contributed by atoms with van der Waals surface area (Å²) < 4.78 is 5.73. The number of rotatable bonds is 11. The van der Waals surface area contributed by atoms with Gasteiger partial charge < -0.3 is 20.1 Å². The van der Waals surface area contributed by atoms with Gasteiger partial charge in [-0.25, -0.2) is 4.79 Å². The van der Waals surface area contributed by atoms with E-state index in [1.807, 2.05) is 35.2 Å². The first-order valence-electron chi connectivity index (χ1n) is 13.2. The van der Waals surface area contributed by atoms with Crippen LogP contribution in [0.1, 0.15) is 56.1 Å². The van der Waals surface area contributed by atoms with Crippen LogP contribution in [0, 0.1) is 11.8 Å². The van der Waals surface area contributed by atoms with Crippen molar-refractivity contribution in [1.82, 2.24) is 10.2 Å². The highest BCUT2D eigenvalue weighted by atomic mass is 16.5. The van der Waals surface area contributed by atoms with Crippen LogP contribution in [0.3, 0.4) is 0 Å². The minimum absolute atomic E-state index is 0.0172. The number of nitrogens with zero attached hydrogens (tertiary/aromatic N) is 1. The molecule has 2 fully saturated rings. The molecule has 2 aromatic rings. The van der Waals surface area contributed by atoms with E-state index in [-0.39, 0.29) is 23.8 Å². The zero-order valence-corrected chi connectivity index (χ0v) is 21.2. The number of aliphatic carboxylic acids is 1. The van der Waals surface area contributed by atoms with Crippen molar-refractivity contribution in [3.05, 3.63) is 71.3 Å². The zero-order valence-electron chi connectivity index (χ0n) is 21.2. The Morgan fingerprint density at radius 2 is 1.65 bits per heavy atom. The second-order valence-electron chi connectivity index (χ2n) is 10.0. The standard InChI is InChI=1S/C30H36N2O5/c33-28(31-19-23-7-2-1-3-8-23)11-6-16-37-27-14-12-22(13-15-27)17-26(30(35)36)18-29(34)32-20-24-9-4-5-10-25(24)21-32/h1-3,7-8,12-15,17,24-25H,4-6,9-11,16,18-21H2,(H,31,33)(H,35,36)/b26-17+/t24-,25+. The van der Waals surface area contributed by atoms with Crippen LogP contribution >= 0.6 is 0 Å². The van der Waals surface area contributed by atoms with Crippen molar-refractivity contribution in [2.75, 3.05) is 19.7 Å². The van der Waals surface area contributed by atoms with Crippen LogP contribution in [-0.2, 0) is 20.9 Å². The normalized spacial score (nSPS) is 19.2. The Balaban J connectivity index is 1.21. The first kappa shape index (κ1) is 26.5. The van der Waals surface area contributed by atoms with E-state index >= 15 is 0 Å². The van der Waals surface area contributed by atoms with Gasteiger partial charge in [-0.1, -0.05) is 55.3 Å². The third-order valence-corrected chi connectivity index (χ3v) is 7.32. The molecule has 4 rings (SSSR count). The highest BCUT2D eigenvalue weighted by Gasteiger charge is 2.36. The third kappa shape index (κ3) is 7.94. The average Bonchev–Trinajstić information content (AvgIpc) is 3.35. The van der Waals surface area contributed by atoms with Crippen molar-refractivity contribution in [3.63, 3.8) is 0 Å². The van der Waals surface area contributed by atoms with Gasteiger partial charge in [0, 0.05) is 31.6 Å². The van der Waals surface area contributed by atoms with Crippen LogP contribution in [-0.4, -0.2) is 47.5 Å². The summed E-state index contributed by atoms with van der Waals surface area (Å²) in [5.74, 6) is 0.606. The number of fused-ring (bicyclic) bond motifs is 1. The highest BCUT2D eigenvalue weighted by molar-refractivity contribution is 5.98. The zero-order chi connectivity index (χ0) is 26.0. The molecular weight excluding hydrogens is 468 g/mol. The van der Waals surface area contributed by atoms with Gasteiger partial charge in [-0.2, -0.15) is 0 Å². The number of amides is 2. The molecule has 37 heavy (non-hydrogen) atoms. The van der Waals surface area contributed by atoms with E-state index in [9.17, 15) is 19.5 Å². The fourth-order valence-corrected chi connectivity index (χ4v) is 5.24. The number of ether oxygens (including phenoxy) is 1. The summed E-state index contributed by atoms with van der Waals surface area (Å²) in [7, 11) is 0. The van der Waals surface area contributed by atoms with Crippen LogP contribution in [0.5, 0.6) is 5.75 Å². The van der Waals surface area contributed by atoms with E-state index in [0.717, 1.165) is 18.7 Å². The Morgan fingerprint density at radius 1 is 0.973 bits per heavy atom. The molecule has 2 aliphatic rings. The lowest BCUT2D eigenvalue weighted by molar-refractivity contribution is -0.136. The lowest BCUT2D eigenvalue weighted by Gasteiger charge is -2.22. The van der Waals surface area contributed by atoms with Crippen LogP contribution in [0.15, 0.2) is 60.2 Å². The maximum absolute atomic E-state index is 12.8. The number of nitrogens with one attached hydrogen (secondary N) is 1. The molecule has 196 valence electrons. The van der Waals surface area contributed by atoms with E-state index < -0.39 is 5.97 Å². The Bertz CT molecular complexity index is 1080. The second-order valence-corrected chi connectivity index (χ2v) is 10.0. The Morgan fingerprint density at radius 3 is 2.30 bits per heavy atom. The van der Waals surface area contributed by atoms with Crippen molar-refractivity contribution in [3.8, 4) is 5.75 Å². The molecule has 0 unspecified atom stereocenters. The summed E-state index contributed by atoms with van der Waals surface area (Å²) in [5, 5.41) is 12.6. The van der Waals surface area contributed by atoms with Gasteiger partial charge in [-0.15, -0.1) is 0 Å². The van der Waals surface area contributed by atoms with Gasteiger partial charge in [0.15, 0.2) is 0 Å². The van der Waals surface area contributed by atoms with E-state index in [4.69, 9.17) is 4.74 Å².